The van der Waals surface area contributed by atoms with Crippen molar-refractivity contribution in [2.75, 3.05) is 26.0 Å². The first-order chi connectivity index (χ1) is 10.9. The fourth-order valence-electron chi connectivity index (χ4n) is 2.60. The maximum absolute atomic E-state index is 14.4. The maximum Gasteiger partial charge on any atom is 0.199 e. The molecule has 0 saturated carbocycles. The van der Waals surface area contributed by atoms with E-state index in [1.165, 1.54) is 6.07 Å². The minimum absolute atomic E-state index is 0.288. The normalized spacial score (nSPS) is 16.8. The summed E-state index contributed by atoms with van der Waals surface area (Å²) >= 11 is 0. The van der Waals surface area contributed by atoms with Crippen LogP contribution in [-0.4, -0.2) is 37.0 Å². The number of hydrogen-bond donors (Lipinski definition) is 2. The Morgan fingerprint density at radius 2 is 1.96 bits per heavy atom. The van der Waals surface area contributed by atoms with Crippen LogP contribution in [0.15, 0.2) is 35.3 Å². The number of anilines is 1. The molecule has 6 nitrogen and oxygen atoms in total. The molecule has 0 aliphatic carbocycles. The van der Waals surface area contributed by atoms with Gasteiger partial charge in [0.25, 0.3) is 0 Å². The van der Waals surface area contributed by atoms with Gasteiger partial charge in [0.05, 0.1) is 11.3 Å². The third-order valence-corrected chi connectivity index (χ3v) is 3.95. The number of fused-ring (bicyclic) bond motifs is 1. The molecular formula is C16H19FN6. The number of benzene rings is 1. The van der Waals surface area contributed by atoms with E-state index in [2.05, 4.69) is 9.98 Å². The molecule has 1 aliphatic heterocycles. The van der Waals surface area contributed by atoms with Crippen molar-refractivity contribution in [2.24, 2.45) is 16.5 Å². The molecule has 1 aromatic carbocycles. The Hall–Kier alpha value is -2.67. The summed E-state index contributed by atoms with van der Waals surface area (Å²) in [6, 6.07) is 8.51. The molecule has 4 N–H and O–H groups in total. The SMILES string of the molecule is CN(C)c1cccc(F)c1-c1ccc2c(n1)N=C(N)N(C)C2N. The van der Waals surface area contributed by atoms with Crippen molar-refractivity contribution in [1.82, 2.24) is 9.88 Å². The van der Waals surface area contributed by atoms with Crippen LogP contribution in [0, 0.1) is 5.82 Å². The van der Waals surface area contributed by atoms with Gasteiger partial charge in [0.15, 0.2) is 11.8 Å². The van der Waals surface area contributed by atoms with E-state index in [0.717, 1.165) is 11.3 Å². The molecule has 2 aromatic rings. The molecule has 0 bridgehead atoms. The molecule has 0 amide bonds. The third-order valence-electron chi connectivity index (χ3n) is 3.95. The van der Waals surface area contributed by atoms with Crippen molar-refractivity contribution in [3.8, 4) is 11.3 Å². The molecule has 1 unspecified atom stereocenters. The standard InChI is InChI=1S/C16H19FN6/c1-22(2)12-6-4-5-10(17)13(12)11-8-7-9-14(18)23(3)16(19)21-15(9)20-11/h4-8,14H,18H2,1-3H3,(H2,19,20,21). The molecule has 1 atom stereocenters. The molecule has 3 rings (SSSR count). The Morgan fingerprint density at radius 3 is 2.65 bits per heavy atom. The predicted octanol–water partition coefficient (Wildman–Crippen LogP) is 1.80. The molecule has 0 fully saturated rings. The van der Waals surface area contributed by atoms with Gasteiger partial charge in [-0.1, -0.05) is 6.07 Å². The first-order valence-corrected chi connectivity index (χ1v) is 7.20. The quantitative estimate of drug-likeness (QED) is 0.883. The zero-order chi connectivity index (χ0) is 16.7. The summed E-state index contributed by atoms with van der Waals surface area (Å²) in [4.78, 5) is 12.3. The van der Waals surface area contributed by atoms with Crippen molar-refractivity contribution in [2.45, 2.75) is 6.17 Å². The van der Waals surface area contributed by atoms with E-state index in [9.17, 15) is 4.39 Å². The fourth-order valence-corrected chi connectivity index (χ4v) is 2.60. The largest absolute Gasteiger partial charge is 0.377 e. The summed E-state index contributed by atoms with van der Waals surface area (Å²) in [5, 5.41) is 0. The molecular weight excluding hydrogens is 295 g/mol. The van der Waals surface area contributed by atoms with Gasteiger partial charge >= 0.3 is 0 Å². The van der Waals surface area contributed by atoms with Crippen molar-refractivity contribution in [1.29, 1.82) is 0 Å². The van der Waals surface area contributed by atoms with Crippen LogP contribution >= 0.6 is 0 Å². The van der Waals surface area contributed by atoms with Crippen molar-refractivity contribution >= 4 is 17.5 Å². The van der Waals surface area contributed by atoms with Gasteiger partial charge in [-0.3, -0.25) is 0 Å². The summed E-state index contributed by atoms with van der Waals surface area (Å²) in [5.74, 6) is 0.382. The van der Waals surface area contributed by atoms with Crippen molar-refractivity contribution in [3.63, 3.8) is 0 Å². The van der Waals surface area contributed by atoms with Crippen molar-refractivity contribution in [3.05, 3.63) is 41.7 Å². The Morgan fingerprint density at radius 1 is 1.22 bits per heavy atom. The highest BCUT2D eigenvalue weighted by atomic mass is 19.1. The van der Waals surface area contributed by atoms with Gasteiger partial charge in [0.2, 0.25) is 0 Å². The highest BCUT2D eigenvalue weighted by Gasteiger charge is 2.25. The van der Waals surface area contributed by atoms with Gasteiger partial charge in [0.1, 0.15) is 12.0 Å². The predicted molar refractivity (Wildman–Crippen MR) is 89.9 cm³/mol. The number of halogens is 1. The second kappa shape index (κ2) is 5.51. The summed E-state index contributed by atoms with van der Waals surface area (Å²) in [7, 11) is 5.48. The average molecular weight is 314 g/mol. The van der Waals surface area contributed by atoms with Crippen LogP contribution in [0.2, 0.25) is 0 Å². The minimum atomic E-state index is -0.419. The highest BCUT2D eigenvalue weighted by Crippen LogP contribution is 2.35. The Kier molecular flexibility index (Phi) is 3.65. The molecule has 1 aliphatic rings. The van der Waals surface area contributed by atoms with E-state index in [0.29, 0.717) is 17.1 Å². The first-order valence-electron chi connectivity index (χ1n) is 7.20. The number of nitrogens with two attached hydrogens (primary N) is 2. The van der Waals surface area contributed by atoms with Gasteiger partial charge in [-0.2, -0.15) is 4.99 Å². The van der Waals surface area contributed by atoms with Crippen LogP contribution in [0.5, 0.6) is 0 Å². The van der Waals surface area contributed by atoms with Gasteiger partial charge in [-0.05, 0) is 24.3 Å². The lowest BCUT2D eigenvalue weighted by Gasteiger charge is -2.30. The van der Waals surface area contributed by atoms with Gasteiger partial charge in [-0.15, -0.1) is 0 Å². The smallest absolute Gasteiger partial charge is 0.199 e. The molecule has 0 spiro atoms. The number of nitrogens with zero attached hydrogens (tertiary/aromatic N) is 4. The van der Waals surface area contributed by atoms with Crippen molar-refractivity contribution < 1.29 is 4.39 Å². The van der Waals surface area contributed by atoms with Crippen LogP contribution in [-0.2, 0) is 0 Å². The van der Waals surface area contributed by atoms with Gasteiger partial charge < -0.3 is 21.3 Å². The molecule has 2 heterocycles. The number of pyridine rings is 1. The highest BCUT2D eigenvalue weighted by molar-refractivity contribution is 5.84. The van der Waals surface area contributed by atoms with Crippen LogP contribution < -0.4 is 16.4 Å². The van der Waals surface area contributed by atoms with Crippen LogP contribution in [0.1, 0.15) is 11.7 Å². The zero-order valence-electron chi connectivity index (χ0n) is 13.3. The van der Waals surface area contributed by atoms with E-state index in [4.69, 9.17) is 11.5 Å². The maximum atomic E-state index is 14.4. The lowest BCUT2D eigenvalue weighted by Crippen LogP contribution is -2.43. The zero-order valence-corrected chi connectivity index (χ0v) is 13.3. The van der Waals surface area contributed by atoms with Gasteiger partial charge in [0, 0.05) is 32.4 Å². The molecule has 23 heavy (non-hydrogen) atoms. The Labute approximate surface area is 134 Å². The number of aliphatic imine (C=N–C) groups is 1. The first kappa shape index (κ1) is 15.2. The molecule has 7 heteroatoms. The second-order valence-electron chi connectivity index (χ2n) is 5.66. The number of hydrogen-bond acceptors (Lipinski definition) is 6. The van der Waals surface area contributed by atoms with E-state index >= 15 is 0 Å². The number of aromatic nitrogens is 1. The van der Waals surface area contributed by atoms with E-state index in [1.54, 1.807) is 24.1 Å². The molecule has 0 radical (unpaired) electrons. The second-order valence-corrected chi connectivity index (χ2v) is 5.66. The lowest BCUT2D eigenvalue weighted by molar-refractivity contribution is 0.374. The van der Waals surface area contributed by atoms with E-state index in [-0.39, 0.29) is 11.8 Å². The summed E-state index contributed by atoms with van der Waals surface area (Å²) in [5.41, 5.74) is 14.4. The van der Waals surface area contributed by atoms with Crippen LogP contribution in [0.3, 0.4) is 0 Å². The molecule has 0 saturated heterocycles. The van der Waals surface area contributed by atoms with Crippen LogP contribution in [0.4, 0.5) is 15.9 Å². The summed E-state index contributed by atoms with van der Waals surface area (Å²) in [6.45, 7) is 0. The topological polar surface area (TPSA) is 83.8 Å². The average Bonchev–Trinajstić information content (AvgIpc) is 2.52. The summed E-state index contributed by atoms with van der Waals surface area (Å²) in [6.07, 6.45) is -0.419. The summed E-state index contributed by atoms with van der Waals surface area (Å²) < 4.78 is 14.4. The van der Waals surface area contributed by atoms with E-state index < -0.39 is 6.17 Å². The monoisotopic (exact) mass is 314 g/mol. The van der Waals surface area contributed by atoms with Gasteiger partial charge in [-0.25, -0.2) is 9.37 Å². The fraction of sp³-hybridized carbons (Fsp3) is 0.250. The van der Waals surface area contributed by atoms with E-state index in [1.807, 2.05) is 31.1 Å². The van der Waals surface area contributed by atoms with Crippen LogP contribution in [0.25, 0.3) is 11.3 Å². The lowest BCUT2D eigenvalue weighted by atomic mass is 10.0. The Balaban J connectivity index is 2.18. The minimum Gasteiger partial charge on any atom is -0.377 e. The Bertz CT molecular complexity index is 786. The number of guanidine groups is 1. The third kappa shape index (κ3) is 2.49. The number of rotatable bonds is 2. The molecule has 1 aromatic heterocycles. The molecule has 120 valence electrons.